The van der Waals surface area contributed by atoms with E-state index < -0.39 is 0 Å². The van der Waals surface area contributed by atoms with Crippen LogP contribution < -0.4 is 5.32 Å². The second-order valence-corrected chi connectivity index (χ2v) is 3.57. The van der Waals surface area contributed by atoms with Crippen LogP contribution >= 0.6 is 11.6 Å². The lowest BCUT2D eigenvalue weighted by atomic mass is 10.4. The highest BCUT2D eigenvalue weighted by molar-refractivity contribution is 6.29. The summed E-state index contributed by atoms with van der Waals surface area (Å²) in [6.07, 6.45) is 4.47. The van der Waals surface area contributed by atoms with E-state index in [0.717, 1.165) is 0 Å². The van der Waals surface area contributed by atoms with Crippen LogP contribution in [0.15, 0.2) is 47.1 Å². The van der Waals surface area contributed by atoms with Gasteiger partial charge in [0.2, 0.25) is 5.91 Å². The minimum atomic E-state index is -0.295. The molecule has 2 aromatic heterocycles. The van der Waals surface area contributed by atoms with E-state index in [0.29, 0.717) is 16.7 Å². The standard InChI is InChI=1S/C12H9ClN2O2/c13-10-4-1-5-11(14-10)15-12(16)7-6-9-3-2-8-17-9/h1-8H,(H,14,15,16)/b7-6+. The first-order valence-corrected chi connectivity index (χ1v) is 5.27. The molecule has 0 unspecified atom stereocenters. The molecule has 0 aliphatic heterocycles. The Balaban J connectivity index is 1.98. The molecule has 0 aliphatic carbocycles. The highest BCUT2D eigenvalue weighted by atomic mass is 35.5. The Kier molecular flexibility index (Phi) is 3.57. The van der Waals surface area contributed by atoms with Crippen LogP contribution in [0.2, 0.25) is 5.15 Å². The van der Waals surface area contributed by atoms with E-state index in [-0.39, 0.29) is 5.91 Å². The third kappa shape index (κ3) is 3.46. The monoisotopic (exact) mass is 248 g/mol. The van der Waals surface area contributed by atoms with Crippen molar-refractivity contribution in [2.45, 2.75) is 0 Å². The molecule has 0 spiro atoms. The lowest BCUT2D eigenvalue weighted by Gasteiger charge is -2.00. The maximum Gasteiger partial charge on any atom is 0.249 e. The van der Waals surface area contributed by atoms with Crippen molar-refractivity contribution in [3.05, 3.63) is 53.6 Å². The zero-order chi connectivity index (χ0) is 12.1. The Bertz CT molecular complexity index is 535. The maximum absolute atomic E-state index is 11.5. The van der Waals surface area contributed by atoms with Gasteiger partial charge in [0.1, 0.15) is 16.7 Å². The van der Waals surface area contributed by atoms with Gasteiger partial charge in [0.05, 0.1) is 6.26 Å². The number of amides is 1. The summed E-state index contributed by atoms with van der Waals surface area (Å²) in [5.41, 5.74) is 0. The van der Waals surface area contributed by atoms with Gasteiger partial charge in [-0.3, -0.25) is 4.79 Å². The number of hydrogen-bond acceptors (Lipinski definition) is 3. The van der Waals surface area contributed by atoms with Gasteiger partial charge in [-0.05, 0) is 30.3 Å². The first kappa shape index (κ1) is 11.4. The van der Waals surface area contributed by atoms with Crippen molar-refractivity contribution in [1.82, 2.24) is 4.98 Å². The van der Waals surface area contributed by atoms with Crippen molar-refractivity contribution in [3.63, 3.8) is 0 Å². The first-order valence-electron chi connectivity index (χ1n) is 4.89. The van der Waals surface area contributed by atoms with Crippen LogP contribution in [0.4, 0.5) is 5.82 Å². The number of aromatic nitrogens is 1. The predicted octanol–water partition coefficient (Wildman–Crippen LogP) is 2.98. The molecule has 17 heavy (non-hydrogen) atoms. The summed E-state index contributed by atoms with van der Waals surface area (Å²) in [4.78, 5) is 15.4. The molecule has 5 heteroatoms. The largest absolute Gasteiger partial charge is 0.465 e. The summed E-state index contributed by atoms with van der Waals surface area (Å²) in [6, 6.07) is 8.50. The molecule has 0 aliphatic rings. The molecular formula is C12H9ClN2O2. The lowest BCUT2D eigenvalue weighted by Crippen LogP contribution is -2.08. The number of furan rings is 1. The smallest absolute Gasteiger partial charge is 0.249 e. The van der Waals surface area contributed by atoms with Crippen LogP contribution in [0, 0.1) is 0 Å². The Morgan fingerprint density at radius 1 is 1.35 bits per heavy atom. The van der Waals surface area contributed by atoms with E-state index in [2.05, 4.69) is 10.3 Å². The van der Waals surface area contributed by atoms with Gasteiger partial charge in [0.15, 0.2) is 0 Å². The summed E-state index contributed by atoms with van der Waals surface area (Å²) in [7, 11) is 0. The van der Waals surface area contributed by atoms with E-state index >= 15 is 0 Å². The van der Waals surface area contributed by atoms with Crippen LogP contribution in [0.3, 0.4) is 0 Å². The van der Waals surface area contributed by atoms with Crippen molar-refractivity contribution in [3.8, 4) is 0 Å². The fourth-order valence-corrected chi connectivity index (χ4v) is 1.35. The van der Waals surface area contributed by atoms with Crippen molar-refractivity contribution >= 4 is 29.4 Å². The number of halogens is 1. The molecule has 4 nitrogen and oxygen atoms in total. The van der Waals surface area contributed by atoms with Gasteiger partial charge in [-0.15, -0.1) is 0 Å². The summed E-state index contributed by atoms with van der Waals surface area (Å²) in [5, 5.41) is 2.91. The second-order valence-electron chi connectivity index (χ2n) is 3.18. The molecule has 1 N–H and O–H groups in total. The van der Waals surface area contributed by atoms with Crippen molar-refractivity contribution < 1.29 is 9.21 Å². The Morgan fingerprint density at radius 3 is 2.94 bits per heavy atom. The lowest BCUT2D eigenvalue weighted by molar-refractivity contribution is -0.111. The number of carbonyl (C=O) groups excluding carboxylic acids is 1. The number of pyridine rings is 1. The summed E-state index contributed by atoms with van der Waals surface area (Å²) in [5.74, 6) is 0.724. The van der Waals surface area contributed by atoms with Gasteiger partial charge in [0, 0.05) is 6.08 Å². The highest BCUT2D eigenvalue weighted by Crippen LogP contribution is 2.09. The number of nitrogens with one attached hydrogen (secondary N) is 1. The van der Waals surface area contributed by atoms with E-state index in [4.69, 9.17) is 16.0 Å². The molecule has 0 radical (unpaired) electrons. The summed E-state index contributed by atoms with van der Waals surface area (Å²) < 4.78 is 5.05. The Hall–Kier alpha value is -2.07. The maximum atomic E-state index is 11.5. The SMILES string of the molecule is O=C(/C=C/c1ccco1)Nc1cccc(Cl)n1. The quantitative estimate of drug-likeness (QED) is 0.671. The minimum absolute atomic E-state index is 0.295. The molecule has 2 heterocycles. The molecule has 0 aromatic carbocycles. The number of hydrogen-bond donors (Lipinski definition) is 1. The fraction of sp³-hybridized carbons (Fsp3) is 0. The zero-order valence-corrected chi connectivity index (χ0v) is 9.52. The summed E-state index contributed by atoms with van der Waals surface area (Å²) >= 11 is 5.69. The van der Waals surface area contributed by atoms with Gasteiger partial charge in [-0.1, -0.05) is 17.7 Å². The predicted molar refractivity (Wildman–Crippen MR) is 65.6 cm³/mol. The Morgan fingerprint density at radius 2 is 2.24 bits per heavy atom. The van der Waals surface area contributed by atoms with Crippen LogP contribution in [0.25, 0.3) is 6.08 Å². The molecule has 86 valence electrons. The third-order valence-electron chi connectivity index (χ3n) is 1.91. The molecule has 0 fully saturated rings. The van der Waals surface area contributed by atoms with Gasteiger partial charge >= 0.3 is 0 Å². The molecule has 2 aromatic rings. The first-order chi connectivity index (χ1) is 8.24. The van der Waals surface area contributed by atoms with Crippen molar-refractivity contribution in [2.75, 3.05) is 5.32 Å². The molecule has 0 saturated carbocycles. The third-order valence-corrected chi connectivity index (χ3v) is 2.12. The molecule has 1 amide bonds. The number of anilines is 1. The number of nitrogens with zero attached hydrogens (tertiary/aromatic N) is 1. The molecular weight excluding hydrogens is 240 g/mol. The van der Waals surface area contributed by atoms with Crippen LogP contribution in [-0.4, -0.2) is 10.9 Å². The van der Waals surface area contributed by atoms with Crippen molar-refractivity contribution in [1.29, 1.82) is 0 Å². The van der Waals surface area contributed by atoms with Gasteiger partial charge in [0.25, 0.3) is 0 Å². The highest BCUT2D eigenvalue weighted by Gasteiger charge is 1.99. The topological polar surface area (TPSA) is 55.1 Å². The number of carbonyl (C=O) groups is 1. The molecule has 0 atom stereocenters. The van der Waals surface area contributed by atoms with Gasteiger partial charge < -0.3 is 9.73 Å². The van der Waals surface area contributed by atoms with Crippen molar-refractivity contribution in [2.24, 2.45) is 0 Å². The van der Waals surface area contributed by atoms with E-state index in [1.165, 1.54) is 12.3 Å². The molecule has 0 bridgehead atoms. The Labute approximate surface area is 103 Å². The normalized spacial score (nSPS) is 10.6. The van der Waals surface area contributed by atoms with E-state index in [1.54, 1.807) is 36.4 Å². The average Bonchev–Trinajstić information content (AvgIpc) is 2.79. The number of rotatable bonds is 3. The van der Waals surface area contributed by atoms with Crippen LogP contribution in [-0.2, 0) is 4.79 Å². The van der Waals surface area contributed by atoms with Gasteiger partial charge in [-0.2, -0.15) is 0 Å². The second kappa shape index (κ2) is 5.32. The van der Waals surface area contributed by atoms with Crippen LogP contribution in [0.1, 0.15) is 5.76 Å². The van der Waals surface area contributed by atoms with E-state index in [9.17, 15) is 4.79 Å². The van der Waals surface area contributed by atoms with Crippen LogP contribution in [0.5, 0.6) is 0 Å². The fourth-order valence-electron chi connectivity index (χ4n) is 1.19. The minimum Gasteiger partial charge on any atom is -0.465 e. The average molecular weight is 249 g/mol. The molecule has 2 rings (SSSR count). The zero-order valence-electron chi connectivity index (χ0n) is 8.76. The van der Waals surface area contributed by atoms with Gasteiger partial charge in [-0.25, -0.2) is 4.98 Å². The molecule has 0 saturated heterocycles. The summed E-state index contributed by atoms with van der Waals surface area (Å²) in [6.45, 7) is 0. The van der Waals surface area contributed by atoms with E-state index in [1.807, 2.05) is 0 Å².